The van der Waals surface area contributed by atoms with Gasteiger partial charge in [0, 0.05) is 29.6 Å². The molecular formula is C17H15Cl2NO3. The molecule has 2 aromatic rings. The Kier molecular flexibility index (Phi) is 5.90. The number of ether oxygens (including phenoxy) is 2. The topological polar surface area (TPSA) is 47.6 Å². The summed E-state index contributed by atoms with van der Waals surface area (Å²) in [5, 5.41) is 3.76. The second-order valence-corrected chi connectivity index (χ2v) is 5.35. The van der Waals surface area contributed by atoms with E-state index in [2.05, 4.69) is 5.32 Å². The van der Waals surface area contributed by atoms with Crippen molar-refractivity contribution in [3.8, 4) is 11.5 Å². The summed E-state index contributed by atoms with van der Waals surface area (Å²) >= 11 is 11.7. The van der Waals surface area contributed by atoms with Crippen molar-refractivity contribution in [1.82, 2.24) is 0 Å². The molecule has 0 radical (unpaired) electrons. The Morgan fingerprint density at radius 2 is 1.74 bits per heavy atom. The van der Waals surface area contributed by atoms with Gasteiger partial charge in [0.05, 0.1) is 24.3 Å². The summed E-state index contributed by atoms with van der Waals surface area (Å²) in [6, 6.07) is 10.1. The first-order chi connectivity index (χ1) is 11.0. The molecule has 1 N–H and O–H groups in total. The standard InChI is InChI=1S/C17H15Cl2NO3/c1-22-16-6-4-12(10-17(16)23-2)20-8-7-15(21)11-3-5-13(18)14(19)9-11/h3-10,20H,1-2H3. The molecule has 0 unspecified atom stereocenters. The Morgan fingerprint density at radius 3 is 2.39 bits per heavy atom. The second kappa shape index (κ2) is 7.90. The highest BCUT2D eigenvalue weighted by Gasteiger charge is 2.06. The number of benzene rings is 2. The molecule has 2 aromatic carbocycles. The second-order valence-electron chi connectivity index (χ2n) is 4.54. The summed E-state index contributed by atoms with van der Waals surface area (Å²) in [4.78, 5) is 12.0. The molecule has 0 bridgehead atoms. The summed E-state index contributed by atoms with van der Waals surface area (Å²) in [6.45, 7) is 0. The largest absolute Gasteiger partial charge is 0.493 e. The van der Waals surface area contributed by atoms with Gasteiger partial charge in [-0.3, -0.25) is 4.79 Å². The molecule has 6 heteroatoms. The number of carbonyl (C=O) groups is 1. The number of hydrogen-bond donors (Lipinski definition) is 1. The van der Waals surface area contributed by atoms with Crippen molar-refractivity contribution in [3.63, 3.8) is 0 Å². The molecule has 0 atom stereocenters. The SMILES string of the molecule is COc1ccc(NC=CC(=O)c2ccc(Cl)c(Cl)c2)cc1OC. The van der Waals surface area contributed by atoms with Gasteiger partial charge in [-0.1, -0.05) is 23.2 Å². The normalized spacial score (nSPS) is 10.6. The first kappa shape index (κ1) is 17.2. The zero-order valence-corrected chi connectivity index (χ0v) is 14.1. The van der Waals surface area contributed by atoms with Crippen LogP contribution in [0.2, 0.25) is 10.0 Å². The molecule has 0 heterocycles. The number of nitrogens with one attached hydrogen (secondary N) is 1. The molecular weight excluding hydrogens is 337 g/mol. The summed E-state index contributed by atoms with van der Waals surface area (Å²) in [5.41, 5.74) is 1.23. The molecule has 0 aliphatic carbocycles. The van der Waals surface area contributed by atoms with Gasteiger partial charge in [-0.05, 0) is 30.3 Å². The number of carbonyl (C=O) groups excluding carboxylic acids is 1. The predicted octanol–water partition coefficient (Wildman–Crippen LogP) is 4.82. The van der Waals surface area contributed by atoms with Crippen LogP contribution in [0.5, 0.6) is 11.5 Å². The lowest BCUT2D eigenvalue weighted by Gasteiger charge is -2.09. The smallest absolute Gasteiger partial charge is 0.187 e. The highest BCUT2D eigenvalue weighted by Crippen LogP contribution is 2.29. The number of halogens is 2. The van der Waals surface area contributed by atoms with Crippen molar-refractivity contribution in [2.75, 3.05) is 19.5 Å². The molecule has 4 nitrogen and oxygen atoms in total. The van der Waals surface area contributed by atoms with Crippen LogP contribution in [-0.4, -0.2) is 20.0 Å². The van der Waals surface area contributed by atoms with E-state index in [0.717, 1.165) is 5.69 Å². The van der Waals surface area contributed by atoms with E-state index in [9.17, 15) is 4.79 Å². The van der Waals surface area contributed by atoms with Crippen molar-refractivity contribution in [1.29, 1.82) is 0 Å². The van der Waals surface area contributed by atoms with Crippen molar-refractivity contribution in [3.05, 3.63) is 64.3 Å². The van der Waals surface area contributed by atoms with Gasteiger partial charge >= 0.3 is 0 Å². The fourth-order valence-corrected chi connectivity index (χ4v) is 2.18. The Hall–Kier alpha value is -2.17. The van der Waals surface area contributed by atoms with Crippen LogP contribution in [0.25, 0.3) is 0 Å². The zero-order chi connectivity index (χ0) is 16.8. The third-order valence-electron chi connectivity index (χ3n) is 3.07. The third-order valence-corrected chi connectivity index (χ3v) is 3.81. The number of anilines is 1. The van der Waals surface area contributed by atoms with Crippen LogP contribution in [0, 0.1) is 0 Å². The number of hydrogen-bond acceptors (Lipinski definition) is 4. The van der Waals surface area contributed by atoms with Crippen molar-refractivity contribution in [2.24, 2.45) is 0 Å². The van der Waals surface area contributed by atoms with E-state index in [1.807, 2.05) is 6.07 Å². The van der Waals surface area contributed by atoms with E-state index in [1.165, 1.54) is 12.1 Å². The Morgan fingerprint density at radius 1 is 1.00 bits per heavy atom. The quantitative estimate of drug-likeness (QED) is 0.598. The van der Waals surface area contributed by atoms with E-state index < -0.39 is 0 Å². The van der Waals surface area contributed by atoms with Crippen LogP contribution < -0.4 is 14.8 Å². The first-order valence-electron chi connectivity index (χ1n) is 6.69. The van der Waals surface area contributed by atoms with Gasteiger partial charge in [0.1, 0.15) is 0 Å². The Balaban J connectivity index is 2.06. The van der Waals surface area contributed by atoms with Gasteiger partial charge in [-0.25, -0.2) is 0 Å². The average Bonchev–Trinajstić information content (AvgIpc) is 2.57. The van der Waals surface area contributed by atoms with Gasteiger partial charge in [0.2, 0.25) is 0 Å². The third kappa shape index (κ3) is 4.41. The Labute approximate surface area is 144 Å². The van der Waals surface area contributed by atoms with E-state index in [0.29, 0.717) is 27.1 Å². The molecule has 0 fully saturated rings. The summed E-state index contributed by atoms with van der Waals surface area (Å²) in [5.74, 6) is 1.05. The predicted molar refractivity (Wildman–Crippen MR) is 93.1 cm³/mol. The van der Waals surface area contributed by atoms with Crippen molar-refractivity contribution < 1.29 is 14.3 Å². The van der Waals surface area contributed by atoms with Crippen LogP contribution in [0.4, 0.5) is 5.69 Å². The lowest BCUT2D eigenvalue weighted by Crippen LogP contribution is -1.97. The molecule has 0 saturated heterocycles. The molecule has 0 aliphatic rings. The average molecular weight is 352 g/mol. The molecule has 0 aromatic heterocycles. The number of ketones is 1. The van der Waals surface area contributed by atoms with E-state index in [-0.39, 0.29) is 5.78 Å². The van der Waals surface area contributed by atoms with Crippen LogP contribution >= 0.6 is 23.2 Å². The minimum absolute atomic E-state index is 0.184. The van der Waals surface area contributed by atoms with Crippen LogP contribution in [0.1, 0.15) is 10.4 Å². The fraction of sp³-hybridized carbons (Fsp3) is 0.118. The van der Waals surface area contributed by atoms with Crippen LogP contribution in [0.15, 0.2) is 48.7 Å². The minimum atomic E-state index is -0.184. The van der Waals surface area contributed by atoms with Gasteiger partial charge in [-0.15, -0.1) is 0 Å². The van der Waals surface area contributed by atoms with Crippen LogP contribution in [-0.2, 0) is 0 Å². The molecule has 0 saturated carbocycles. The summed E-state index contributed by atoms with van der Waals surface area (Å²) < 4.78 is 10.4. The highest BCUT2D eigenvalue weighted by molar-refractivity contribution is 6.42. The maximum atomic E-state index is 12.0. The number of allylic oxidation sites excluding steroid dienone is 1. The minimum Gasteiger partial charge on any atom is -0.493 e. The first-order valence-corrected chi connectivity index (χ1v) is 7.45. The molecule has 23 heavy (non-hydrogen) atoms. The van der Waals surface area contributed by atoms with Crippen molar-refractivity contribution in [2.45, 2.75) is 0 Å². The van der Waals surface area contributed by atoms with Gasteiger partial charge in [0.25, 0.3) is 0 Å². The molecule has 120 valence electrons. The maximum Gasteiger partial charge on any atom is 0.187 e. The van der Waals surface area contributed by atoms with E-state index in [4.69, 9.17) is 32.7 Å². The fourth-order valence-electron chi connectivity index (χ4n) is 1.89. The lowest BCUT2D eigenvalue weighted by atomic mass is 10.1. The number of methoxy groups -OCH3 is 2. The lowest BCUT2D eigenvalue weighted by molar-refractivity contribution is 0.104. The van der Waals surface area contributed by atoms with Gasteiger partial charge in [0.15, 0.2) is 17.3 Å². The van der Waals surface area contributed by atoms with Gasteiger partial charge in [-0.2, -0.15) is 0 Å². The maximum absolute atomic E-state index is 12.0. The molecule has 0 aliphatic heterocycles. The van der Waals surface area contributed by atoms with Gasteiger partial charge < -0.3 is 14.8 Å². The summed E-state index contributed by atoms with van der Waals surface area (Å²) in [6.07, 6.45) is 2.96. The Bertz CT molecular complexity index is 745. The molecule has 0 amide bonds. The van der Waals surface area contributed by atoms with Crippen LogP contribution in [0.3, 0.4) is 0 Å². The van der Waals surface area contributed by atoms with Crippen molar-refractivity contribution >= 4 is 34.7 Å². The highest BCUT2D eigenvalue weighted by atomic mass is 35.5. The monoisotopic (exact) mass is 351 g/mol. The molecule has 0 spiro atoms. The molecule has 2 rings (SSSR count). The van der Waals surface area contributed by atoms with E-state index >= 15 is 0 Å². The zero-order valence-electron chi connectivity index (χ0n) is 12.6. The van der Waals surface area contributed by atoms with E-state index in [1.54, 1.807) is 44.7 Å². The summed E-state index contributed by atoms with van der Waals surface area (Å²) in [7, 11) is 3.13. The number of rotatable bonds is 6.